The summed E-state index contributed by atoms with van der Waals surface area (Å²) in [7, 11) is 0. The molecule has 0 saturated heterocycles. The van der Waals surface area contributed by atoms with E-state index in [1.165, 1.54) is 0 Å². The average molecular weight is 285 g/mol. The highest BCUT2D eigenvalue weighted by molar-refractivity contribution is 5.93. The minimum atomic E-state index is -0.160. The van der Waals surface area contributed by atoms with Crippen molar-refractivity contribution in [2.45, 2.75) is 40.0 Å². The lowest BCUT2D eigenvalue weighted by atomic mass is 9.81. The highest BCUT2D eigenvalue weighted by Gasteiger charge is 2.39. The maximum absolute atomic E-state index is 12.5. The van der Waals surface area contributed by atoms with Crippen molar-refractivity contribution in [2.24, 2.45) is 11.3 Å². The maximum atomic E-state index is 12.5. The van der Waals surface area contributed by atoms with Crippen molar-refractivity contribution in [3.05, 3.63) is 29.3 Å². The molecule has 1 unspecified atom stereocenters. The van der Waals surface area contributed by atoms with Gasteiger partial charge in [-0.1, -0.05) is 38.2 Å². The number of amides is 1. The largest absolute Gasteiger partial charge is 0.384 e. The zero-order valence-corrected chi connectivity index (χ0v) is 13.0. The van der Waals surface area contributed by atoms with Gasteiger partial charge < -0.3 is 10.4 Å². The van der Waals surface area contributed by atoms with Crippen LogP contribution in [0, 0.1) is 30.1 Å². The molecule has 0 aromatic heterocycles. The molecule has 1 amide bonds. The molecule has 1 aliphatic rings. The van der Waals surface area contributed by atoms with Gasteiger partial charge >= 0.3 is 0 Å². The molecular formula is C18H23NO2. The summed E-state index contributed by atoms with van der Waals surface area (Å²) in [6, 6.07) is 5.72. The van der Waals surface area contributed by atoms with E-state index in [-0.39, 0.29) is 23.8 Å². The fraction of sp³-hybridized carbons (Fsp3) is 0.500. The fourth-order valence-corrected chi connectivity index (χ4v) is 3.01. The Bertz CT molecular complexity index is 593. The molecule has 1 fully saturated rings. The van der Waals surface area contributed by atoms with E-state index in [0.29, 0.717) is 0 Å². The van der Waals surface area contributed by atoms with Gasteiger partial charge in [0.1, 0.15) is 6.61 Å². The van der Waals surface area contributed by atoms with Crippen LogP contribution in [0.1, 0.15) is 44.2 Å². The number of carbonyl (C=O) groups excluding carboxylic acids is 1. The molecule has 1 aliphatic carbocycles. The first-order valence-electron chi connectivity index (χ1n) is 7.45. The number of benzene rings is 1. The van der Waals surface area contributed by atoms with E-state index in [1.54, 1.807) is 0 Å². The smallest absolute Gasteiger partial charge is 0.228 e. The second-order valence-corrected chi connectivity index (χ2v) is 6.41. The highest BCUT2D eigenvalue weighted by Crippen LogP contribution is 2.43. The third kappa shape index (κ3) is 3.65. The topological polar surface area (TPSA) is 49.3 Å². The molecule has 2 rings (SSSR count). The number of carbonyl (C=O) groups is 1. The maximum Gasteiger partial charge on any atom is 0.228 e. The second kappa shape index (κ2) is 6.32. The molecule has 0 bridgehead atoms. The van der Waals surface area contributed by atoms with E-state index in [0.717, 1.165) is 36.1 Å². The van der Waals surface area contributed by atoms with Crippen molar-refractivity contribution in [1.82, 2.24) is 0 Å². The first-order chi connectivity index (χ1) is 9.94. The molecule has 1 atom stereocenters. The van der Waals surface area contributed by atoms with Gasteiger partial charge in [0, 0.05) is 17.2 Å². The molecule has 2 N–H and O–H groups in total. The molecule has 3 heteroatoms. The van der Waals surface area contributed by atoms with E-state index >= 15 is 0 Å². The summed E-state index contributed by atoms with van der Waals surface area (Å²) in [5.41, 5.74) is 2.73. The summed E-state index contributed by atoms with van der Waals surface area (Å²) in [4.78, 5) is 12.5. The lowest BCUT2D eigenvalue weighted by Gasteiger charge is -2.25. The van der Waals surface area contributed by atoms with E-state index in [9.17, 15) is 4.79 Å². The Labute approximate surface area is 126 Å². The molecule has 21 heavy (non-hydrogen) atoms. The number of rotatable bonds is 2. The lowest BCUT2D eigenvalue weighted by molar-refractivity contribution is -0.122. The molecule has 0 aliphatic heterocycles. The van der Waals surface area contributed by atoms with E-state index in [1.807, 2.05) is 25.1 Å². The van der Waals surface area contributed by atoms with Crippen LogP contribution in [0.4, 0.5) is 5.69 Å². The van der Waals surface area contributed by atoms with Crippen molar-refractivity contribution >= 4 is 11.6 Å². The van der Waals surface area contributed by atoms with Gasteiger partial charge in [0.25, 0.3) is 0 Å². The summed E-state index contributed by atoms with van der Waals surface area (Å²) in [5.74, 6) is 5.73. The van der Waals surface area contributed by atoms with E-state index in [4.69, 9.17) is 5.11 Å². The molecule has 0 heterocycles. The van der Waals surface area contributed by atoms with Crippen LogP contribution in [0.2, 0.25) is 0 Å². The van der Waals surface area contributed by atoms with Gasteiger partial charge in [0.2, 0.25) is 5.91 Å². The van der Waals surface area contributed by atoms with Crippen LogP contribution in [0.3, 0.4) is 0 Å². The molecule has 112 valence electrons. The Morgan fingerprint density at radius 2 is 2.24 bits per heavy atom. The molecule has 0 spiro atoms. The average Bonchev–Trinajstić information content (AvgIpc) is 2.79. The van der Waals surface area contributed by atoms with Gasteiger partial charge in [-0.2, -0.15) is 0 Å². The predicted octanol–water partition coefficient (Wildman–Crippen LogP) is 3.10. The minimum absolute atomic E-state index is 0.0748. The van der Waals surface area contributed by atoms with Crippen molar-refractivity contribution < 1.29 is 9.90 Å². The van der Waals surface area contributed by atoms with Crippen molar-refractivity contribution in [3.8, 4) is 11.8 Å². The zero-order chi connectivity index (χ0) is 15.5. The van der Waals surface area contributed by atoms with Crippen LogP contribution < -0.4 is 5.32 Å². The Hall–Kier alpha value is -1.79. The molecular weight excluding hydrogens is 262 g/mol. The van der Waals surface area contributed by atoms with Crippen LogP contribution in [0.5, 0.6) is 0 Å². The van der Waals surface area contributed by atoms with Crippen molar-refractivity contribution in [1.29, 1.82) is 0 Å². The van der Waals surface area contributed by atoms with Crippen LogP contribution in [0.25, 0.3) is 0 Å². The Morgan fingerprint density at radius 3 is 2.86 bits per heavy atom. The Kier molecular flexibility index (Phi) is 4.69. The molecule has 3 nitrogen and oxygen atoms in total. The van der Waals surface area contributed by atoms with Gasteiger partial charge in [-0.05, 0) is 42.9 Å². The van der Waals surface area contributed by atoms with Gasteiger partial charge in [0.15, 0.2) is 0 Å². The highest BCUT2D eigenvalue weighted by atomic mass is 16.2. The minimum Gasteiger partial charge on any atom is -0.384 e. The molecule has 1 aromatic rings. The molecule has 1 saturated carbocycles. The SMILES string of the molecule is Cc1ccc(NC(=O)C2CCCC2(C)C)cc1C#CCO. The van der Waals surface area contributed by atoms with Gasteiger partial charge in [0.05, 0.1) is 0 Å². The van der Waals surface area contributed by atoms with Crippen LogP contribution in [0.15, 0.2) is 18.2 Å². The Balaban J connectivity index is 2.14. The first-order valence-corrected chi connectivity index (χ1v) is 7.45. The van der Waals surface area contributed by atoms with Crippen LogP contribution in [-0.2, 0) is 4.79 Å². The third-order valence-electron chi connectivity index (χ3n) is 4.38. The van der Waals surface area contributed by atoms with E-state index < -0.39 is 0 Å². The summed E-state index contributed by atoms with van der Waals surface area (Å²) >= 11 is 0. The number of aliphatic hydroxyl groups is 1. The Morgan fingerprint density at radius 1 is 1.48 bits per heavy atom. The lowest BCUT2D eigenvalue weighted by Crippen LogP contribution is -2.30. The van der Waals surface area contributed by atoms with Gasteiger partial charge in [-0.3, -0.25) is 4.79 Å². The first kappa shape index (κ1) is 15.6. The molecule has 1 aromatic carbocycles. The van der Waals surface area contributed by atoms with Crippen LogP contribution >= 0.6 is 0 Å². The number of anilines is 1. The zero-order valence-electron chi connectivity index (χ0n) is 13.0. The van der Waals surface area contributed by atoms with Crippen molar-refractivity contribution in [3.63, 3.8) is 0 Å². The van der Waals surface area contributed by atoms with Crippen LogP contribution in [-0.4, -0.2) is 17.6 Å². The summed E-state index contributed by atoms with van der Waals surface area (Å²) < 4.78 is 0. The predicted molar refractivity (Wildman–Crippen MR) is 84.9 cm³/mol. The number of hydrogen-bond donors (Lipinski definition) is 2. The normalized spacial score (nSPS) is 19.7. The summed E-state index contributed by atoms with van der Waals surface area (Å²) in [5, 5.41) is 11.8. The number of hydrogen-bond acceptors (Lipinski definition) is 2. The van der Waals surface area contributed by atoms with Gasteiger partial charge in [-0.25, -0.2) is 0 Å². The number of aliphatic hydroxyl groups excluding tert-OH is 1. The van der Waals surface area contributed by atoms with E-state index in [2.05, 4.69) is 31.0 Å². The number of aryl methyl sites for hydroxylation is 1. The standard InChI is InChI=1S/C18H23NO2/c1-13-8-9-15(12-14(13)6-5-11-20)19-17(21)16-7-4-10-18(16,2)3/h8-9,12,16,20H,4,7,10-11H2,1-3H3,(H,19,21). The summed E-state index contributed by atoms with van der Waals surface area (Å²) in [6.07, 6.45) is 3.18. The monoisotopic (exact) mass is 285 g/mol. The third-order valence-corrected chi connectivity index (χ3v) is 4.38. The quantitative estimate of drug-likeness (QED) is 0.820. The fourth-order valence-electron chi connectivity index (χ4n) is 3.01. The van der Waals surface area contributed by atoms with Gasteiger partial charge in [-0.15, -0.1) is 0 Å². The summed E-state index contributed by atoms with van der Waals surface area (Å²) in [6.45, 7) is 6.13. The number of nitrogens with one attached hydrogen (secondary N) is 1. The molecule has 0 radical (unpaired) electrons. The van der Waals surface area contributed by atoms with Crippen molar-refractivity contribution in [2.75, 3.05) is 11.9 Å². The second-order valence-electron chi connectivity index (χ2n) is 6.41.